The summed E-state index contributed by atoms with van der Waals surface area (Å²) in [6.45, 7) is 0. The molecule has 68 valence electrons. The zero-order valence-electron chi connectivity index (χ0n) is 6.84. The molecule has 1 rings (SSSR count). The summed E-state index contributed by atoms with van der Waals surface area (Å²) in [4.78, 5) is 11.3. The number of nitrogens with zero attached hydrogens (tertiary/aromatic N) is 1. The van der Waals surface area contributed by atoms with E-state index < -0.39 is 0 Å². The Balaban J connectivity index is 2.83. The van der Waals surface area contributed by atoms with Gasteiger partial charge in [-0.05, 0) is 12.1 Å². The number of hydrogen-bond donors (Lipinski definition) is 2. The molecule has 0 saturated carbocycles. The van der Waals surface area contributed by atoms with Gasteiger partial charge in [0.15, 0.2) is 5.78 Å². The molecule has 0 aliphatic heterocycles. The lowest BCUT2D eigenvalue weighted by Gasteiger charge is -1.99. The first-order chi connectivity index (χ1) is 6.25. The van der Waals surface area contributed by atoms with Crippen LogP contribution in [0.5, 0.6) is 5.75 Å². The Kier molecular flexibility index (Phi) is 3.03. The molecular weight excluding hydrogens is 170 g/mol. The Morgan fingerprint density at radius 3 is 2.77 bits per heavy atom. The molecule has 0 fully saturated rings. The van der Waals surface area contributed by atoms with Crippen LogP contribution in [0.4, 0.5) is 0 Å². The van der Waals surface area contributed by atoms with Crippen LogP contribution in [0.2, 0.25) is 0 Å². The first-order valence-corrected chi connectivity index (χ1v) is 3.73. The van der Waals surface area contributed by atoms with Crippen LogP contribution in [-0.4, -0.2) is 22.3 Å². The fourth-order valence-corrected chi connectivity index (χ4v) is 0.943. The first kappa shape index (κ1) is 9.25. The number of hydrogen-bond acceptors (Lipinski definition) is 4. The average Bonchev–Trinajstić information content (AvgIpc) is 2.15. The van der Waals surface area contributed by atoms with Gasteiger partial charge < -0.3 is 10.3 Å². The van der Waals surface area contributed by atoms with Gasteiger partial charge in [0, 0.05) is 6.42 Å². The summed E-state index contributed by atoms with van der Waals surface area (Å²) in [6.07, 6.45) is 1.06. The molecule has 0 aromatic heterocycles. The van der Waals surface area contributed by atoms with Crippen molar-refractivity contribution < 1.29 is 15.1 Å². The van der Waals surface area contributed by atoms with Crippen LogP contribution in [0.15, 0.2) is 29.4 Å². The summed E-state index contributed by atoms with van der Waals surface area (Å²) in [5, 5.41) is 20.0. The predicted molar refractivity (Wildman–Crippen MR) is 47.3 cm³/mol. The number of phenols is 1. The van der Waals surface area contributed by atoms with Crippen molar-refractivity contribution in [2.45, 2.75) is 6.42 Å². The van der Waals surface area contributed by atoms with Crippen molar-refractivity contribution in [2.24, 2.45) is 5.16 Å². The Labute approximate surface area is 75.1 Å². The molecule has 0 aliphatic carbocycles. The maximum atomic E-state index is 11.3. The van der Waals surface area contributed by atoms with Crippen LogP contribution in [0.25, 0.3) is 0 Å². The van der Waals surface area contributed by atoms with E-state index in [4.69, 9.17) is 5.21 Å². The van der Waals surface area contributed by atoms with Crippen molar-refractivity contribution >= 4 is 12.0 Å². The second-order valence-corrected chi connectivity index (χ2v) is 2.44. The van der Waals surface area contributed by atoms with Gasteiger partial charge in [0.25, 0.3) is 0 Å². The molecule has 4 heteroatoms. The number of aromatic hydroxyl groups is 1. The van der Waals surface area contributed by atoms with Gasteiger partial charge in [0.2, 0.25) is 0 Å². The molecule has 0 saturated heterocycles. The minimum absolute atomic E-state index is 0.0198. The summed E-state index contributed by atoms with van der Waals surface area (Å²) < 4.78 is 0. The van der Waals surface area contributed by atoms with E-state index in [2.05, 4.69) is 5.16 Å². The average molecular weight is 179 g/mol. The standard InChI is InChI=1S/C9H9NO3/c11-8-4-2-1-3-7(8)9(12)5-6-10-13/h1-4,6,11,13H,5H2/b10-6+. The molecule has 0 heterocycles. The monoisotopic (exact) mass is 179 g/mol. The molecule has 2 N–H and O–H groups in total. The summed E-state index contributed by atoms with van der Waals surface area (Å²) >= 11 is 0. The van der Waals surface area contributed by atoms with Crippen molar-refractivity contribution in [1.82, 2.24) is 0 Å². The van der Waals surface area contributed by atoms with Gasteiger partial charge in [0.05, 0.1) is 11.8 Å². The molecule has 1 aromatic carbocycles. The number of oxime groups is 1. The Bertz CT molecular complexity index is 333. The first-order valence-electron chi connectivity index (χ1n) is 3.73. The van der Waals surface area contributed by atoms with Gasteiger partial charge in [-0.3, -0.25) is 4.79 Å². The van der Waals surface area contributed by atoms with Crippen LogP contribution in [0, 0.1) is 0 Å². The number of rotatable bonds is 3. The van der Waals surface area contributed by atoms with E-state index in [1.807, 2.05) is 0 Å². The largest absolute Gasteiger partial charge is 0.507 e. The van der Waals surface area contributed by atoms with Gasteiger partial charge in [0.1, 0.15) is 5.75 Å². The maximum Gasteiger partial charge on any atom is 0.172 e. The number of phenolic OH excluding ortho intramolecular Hbond substituents is 1. The summed E-state index contributed by atoms with van der Waals surface area (Å²) in [5.74, 6) is -0.338. The number of carbonyl (C=O) groups is 1. The number of para-hydroxylation sites is 1. The van der Waals surface area contributed by atoms with Crippen molar-refractivity contribution in [2.75, 3.05) is 0 Å². The predicted octanol–water partition coefficient (Wildman–Crippen LogP) is 1.42. The highest BCUT2D eigenvalue weighted by molar-refractivity contribution is 6.05. The van der Waals surface area contributed by atoms with E-state index in [0.717, 1.165) is 6.21 Å². The molecular formula is C9H9NO3. The van der Waals surface area contributed by atoms with E-state index in [-0.39, 0.29) is 23.5 Å². The smallest absolute Gasteiger partial charge is 0.172 e. The number of ketones is 1. The minimum Gasteiger partial charge on any atom is -0.507 e. The zero-order chi connectivity index (χ0) is 9.68. The number of carbonyl (C=O) groups excluding carboxylic acids is 1. The van der Waals surface area contributed by atoms with Gasteiger partial charge in [-0.25, -0.2) is 0 Å². The summed E-state index contributed by atoms with van der Waals surface area (Å²) in [7, 11) is 0. The SMILES string of the molecule is O=C(C/C=N/O)c1ccccc1O. The molecule has 0 aliphatic rings. The molecule has 0 atom stereocenters. The summed E-state index contributed by atoms with van der Waals surface area (Å²) in [5.41, 5.74) is 0.238. The topological polar surface area (TPSA) is 69.9 Å². The van der Waals surface area contributed by atoms with Crippen LogP contribution < -0.4 is 0 Å². The van der Waals surface area contributed by atoms with Gasteiger partial charge in [-0.1, -0.05) is 12.1 Å². The Morgan fingerprint density at radius 2 is 2.15 bits per heavy atom. The molecule has 0 radical (unpaired) electrons. The van der Waals surface area contributed by atoms with E-state index in [9.17, 15) is 9.90 Å². The van der Waals surface area contributed by atoms with Crippen molar-refractivity contribution in [3.05, 3.63) is 29.8 Å². The molecule has 4 nitrogen and oxygen atoms in total. The molecule has 0 unspecified atom stereocenters. The third-order valence-electron chi connectivity index (χ3n) is 1.56. The van der Waals surface area contributed by atoms with E-state index in [0.29, 0.717) is 0 Å². The normalized spacial score (nSPS) is 10.5. The van der Waals surface area contributed by atoms with Crippen LogP contribution in [0.3, 0.4) is 0 Å². The van der Waals surface area contributed by atoms with Gasteiger partial charge in [-0.15, -0.1) is 5.16 Å². The fraction of sp³-hybridized carbons (Fsp3) is 0.111. The zero-order valence-corrected chi connectivity index (χ0v) is 6.84. The lowest BCUT2D eigenvalue weighted by Crippen LogP contribution is -1.99. The molecule has 0 spiro atoms. The third kappa shape index (κ3) is 2.30. The highest BCUT2D eigenvalue weighted by Crippen LogP contribution is 2.16. The highest BCUT2D eigenvalue weighted by Gasteiger charge is 2.07. The number of Topliss-reactive ketones (excluding diaryl/α,β-unsaturated/α-hetero) is 1. The van der Waals surface area contributed by atoms with E-state index >= 15 is 0 Å². The lowest BCUT2D eigenvalue weighted by molar-refractivity contribution is 0.0998. The van der Waals surface area contributed by atoms with Gasteiger partial charge >= 0.3 is 0 Å². The molecule has 1 aromatic rings. The maximum absolute atomic E-state index is 11.3. The molecule has 0 bridgehead atoms. The van der Waals surface area contributed by atoms with Crippen LogP contribution in [-0.2, 0) is 0 Å². The Hall–Kier alpha value is -1.84. The minimum atomic E-state index is -0.282. The van der Waals surface area contributed by atoms with Crippen LogP contribution >= 0.6 is 0 Å². The number of benzene rings is 1. The van der Waals surface area contributed by atoms with Crippen LogP contribution in [0.1, 0.15) is 16.8 Å². The second-order valence-electron chi connectivity index (χ2n) is 2.44. The van der Waals surface area contributed by atoms with E-state index in [1.165, 1.54) is 12.1 Å². The van der Waals surface area contributed by atoms with Crippen molar-refractivity contribution in [3.63, 3.8) is 0 Å². The second kappa shape index (κ2) is 4.25. The van der Waals surface area contributed by atoms with E-state index in [1.54, 1.807) is 12.1 Å². The van der Waals surface area contributed by atoms with Crippen molar-refractivity contribution in [3.8, 4) is 5.75 Å². The Morgan fingerprint density at radius 1 is 1.46 bits per heavy atom. The quantitative estimate of drug-likeness (QED) is 0.319. The lowest BCUT2D eigenvalue weighted by atomic mass is 10.1. The summed E-state index contributed by atoms with van der Waals surface area (Å²) in [6, 6.07) is 6.24. The fourth-order valence-electron chi connectivity index (χ4n) is 0.943. The van der Waals surface area contributed by atoms with Crippen molar-refractivity contribution in [1.29, 1.82) is 0 Å². The third-order valence-corrected chi connectivity index (χ3v) is 1.56. The molecule has 13 heavy (non-hydrogen) atoms. The molecule has 0 amide bonds. The highest BCUT2D eigenvalue weighted by atomic mass is 16.4. The van der Waals surface area contributed by atoms with Gasteiger partial charge in [-0.2, -0.15) is 0 Å².